The number of carbonyl (C=O) groups excluding carboxylic acids is 1. The number of esters is 1. The maximum atomic E-state index is 11.1. The minimum atomic E-state index is -0.709. The molecule has 14 heavy (non-hydrogen) atoms. The van der Waals surface area contributed by atoms with Gasteiger partial charge >= 0.3 is 5.97 Å². The van der Waals surface area contributed by atoms with Crippen molar-refractivity contribution in [1.82, 2.24) is 0 Å². The second kappa shape index (κ2) is 3.66. The molecular formula is C9H8N2O3. The van der Waals surface area contributed by atoms with Gasteiger partial charge in [-0.1, -0.05) is 0 Å². The van der Waals surface area contributed by atoms with Crippen LogP contribution in [0.4, 0.5) is 5.69 Å². The highest BCUT2D eigenvalue weighted by molar-refractivity contribution is 5.93. The minimum absolute atomic E-state index is 0.0711. The van der Waals surface area contributed by atoms with E-state index in [1.807, 2.05) is 0 Å². The number of ether oxygens (including phenoxy) is 1. The highest BCUT2D eigenvalue weighted by atomic mass is 16.5. The summed E-state index contributed by atoms with van der Waals surface area (Å²) in [5, 5.41) is 17.9. The third kappa shape index (κ3) is 1.59. The summed E-state index contributed by atoms with van der Waals surface area (Å²) in [6, 6.07) is 4.13. The molecule has 5 nitrogen and oxygen atoms in total. The molecule has 0 unspecified atom stereocenters. The van der Waals surface area contributed by atoms with Crippen molar-refractivity contribution in [3.63, 3.8) is 0 Å². The molecule has 0 fully saturated rings. The highest BCUT2D eigenvalue weighted by Crippen LogP contribution is 2.24. The normalized spacial score (nSPS) is 9.14. The molecule has 0 aliphatic rings. The number of phenolic OH excluding ortho intramolecular Hbond substituents is 1. The number of nitrogen functional groups attached to an aromatic ring is 1. The maximum absolute atomic E-state index is 11.1. The number of hydrogen-bond acceptors (Lipinski definition) is 5. The molecule has 0 saturated heterocycles. The van der Waals surface area contributed by atoms with E-state index in [9.17, 15) is 9.90 Å². The summed E-state index contributed by atoms with van der Waals surface area (Å²) in [5.74, 6) is -1.01. The Morgan fingerprint density at radius 3 is 2.79 bits per heavy atom. The van der Waals surface area contributed by atoms with Gasteiger partial charge in [0.25, 0.3) is 0 Å². The van der Waals surface area contributed by atoms with Crippen LogP contribution in [0.5, 0.6) is 5.75 Å². The number of nitrogens with two attached hydrogens (primary N) is 1. The third-order valence-corrected chi connectivity index (χ3v) is 1.69. The van der Waals surface area contributed by atoms with E-state index in [1.165, 1.54) is 13.2 Å². The summed E-state index contributed by atoms with van der Waals surface area (Å²) >= 11 is 0. The summed E-state index contributed by atoms with van der Waals surface area (Å²) in [7, 11) is 1.18. The van der Waals surface area contributed by atoms with Gasteiger partial charge in [0.05, 0.1) is 18.4 Å². The quantitative estimate of drug-likeness (QED) is 0.502. The van der Waals surface area contributed by atoms with E-state index in [0.717, 1.165) is 6.07 Å². The van der Waals surface area contributed by atoms with Crippen molar-refractivity contribution < 1.29 is 14.6 Å². The number of rotatable bonds is 1. The van der Waals surface area contributed by atoms with Gasteiger partial charge in [0, 0.05) is 6.07 Å². The van der Waals surface area contributed by atoms with Crippen molar-refractivity contribution in [2.45, 2.75) is 0 Å². The Morgan fingerprint density at radius 2 is 2.29 bits per heavy atom. The Morgan fingerprint density at radius 1 is 1.64 bits per heavy atom. The monoisotopic (exact) mass is 192 g/mol. The minimum Gasteiger partial charge on any atom is -0.507 e. The largest absolute Gasteiger partial charge is 0.507 e. The fourth-order valence-corrected chi connectivity index (χ4v) is 0.975. The molecule has 0 aliphatic carbocycles. The van der Waals surface area contributed by atoms with Crippen LogP contribution in [0.15, 0.2) is 12.1 Å². The summed E-state index contributed by atoms with van der Waals surface area (Å²) in [4.78, 5) is 11.1. The van der Waals surface area contributed by atoms with Crippen LogP contribution in [0.3, 0.4) is 0 Å². The number of anilines is 1. The molecule has 0 atom stereocenters. The van der Waals surface area contributed by atoms with Crippen LogP contribution >= 0.6 is 0 Å². The van der Waals surface area contributed by atoms with Gasteiger partial charge in [-0.05, 0) is 6.07 Å². The first-order chi connectivity index (χ1) is 6.60. The van der Waals surface area contributed by atoms with Gasteiger partial charge in [-0.2, -0.15) is 5.26 Å². The average Bonchev–Trinajstić information content (AvgIpc) is 2.17. The number of benzene rings is 1. The Labute approximate surface area is 80.3 Å². The number of hydrogen-bond donors (Lipinski definition) is 2. The molecule has 0 heterocycles. The van der Waals surface area contributed by atoms with Crippen molar-refractivity contribution >= 4 is 11.7 Å². The highest BCUT2D eigenvalue weighted by Gasteiger charge is 2.14. The Bertz CT molecular complexity index is 421. The molecule has 0 spiro atoms. The molecule has 1 aromatic rings. The lowest BCUT2D eigenvalue weighted by molar-refractivity contribution is 0.0597. The first-order valence-corrected chi connectivity index (χ1v) is 3.71. The number of nitriles is 1. The summed E-state index contributed by atoms with van der Waals surface area (Å²) in [6.07, 6.45) is 0. The molecule has 3 N–H and O–H groups in total. The van der Waals surface area contributed by atoms with Crippen LogP contribution < -0.4 is 5.73 Å². The van der Waals surface area contributed by atoms with Gasteiger partial charge in [-0.25, -0.2) is 4.79 Å². The molecular weight excluding hydrogens is 184 g/mol. The smallest absolute Gasteiger partial charge is 0.341 e. The molecule has 0 saturated carbocycles. The molecule has 0 aromatic heterocycles. The second-order valence-electron chi connectivity index (χ2n) is 2.56. The number of phenols is 1. The molecule has 0 radical (unpaired) electrons. The fourth-order valence-electron chi connectivity index (χ4n) is 0.975. The van der Waals surface area contributed by atoms with Gasteiger partial charge in [-0.15, -0.1) is 0 Å². The number of aromatic hydroxyl groups is 1. The van der Waals surface area contributed by atoms with E-state index >= 15 is 0 Å². The van der Waals surface area contributed by atoms with Crippen molar-refractivity contribution in [3.05, 3.63) is 23.3 Å². The zero-order valence-corrected chi connectivity index (χ0v) is 7.44. The first kappa shape index (κ1) is 9.86. The predicted octanol–water partition coefficient (Wildman–Crippen LogP) is 0.633. The molecule has 5 heteroatoms. The zero-order chi connectivity index (χ0) is 10.7. The lowest BCUT2D eigenvalue weighted by Gasteiger charge is -2.04. The van der Waals surface area contributed by atoms with E-state index in [4.69, 9.17) is 11.0 Å². The standard InChI is InChI=1S/C9H8N2O3/c1-14-9(13)6-2-5(4-10)7(11)3-8(6)12/h2-3,12H,11H2,1H3. The number of methoxy groups -OCH3 is 1. The summed E-state index contributed by atoms with van der Waals surface area (Å²) in [6.45, 7) is 0. The van der Waals surface area contributed by atoms with Gasteiger partial charge in [0.1, 0.15) is 17.4 Å². The summed E-state index contributed by atoms with van der Waals surface area (Å²) < 4.78 is 4.41. The molecule has 1 rings (SSSR count). The first-order valence-electron chi connectivity index (χ1n) is 3.71. The van der Waals surface area contributed by atoms with Gasteiger partial charge in [0.2, 0.25) is 0 Å². The molecule has 0 amide bonds. The van der Waals surface area contributed by atoms with Crippen LogP contribution in [0.25, 0.3) is 0 Å². The SMILES string of the molecule is COC(=O)c1cc(C#N)c(N)cc1O. The Kier molecular flexibility index (Phi) is 2.58. The van der Waals surface area contributed by atoms with Gasteiger partial charge < -0.3 is 15.6 Å². The molecule has 0 bridgehead atoms. The topological polar surface area (TPSA) is 96.3 Å². The average molecular weight is 192 g/mol. The second-order valence-corrected chi connectivity index (χ2v) is 2.56. The number of carbonyl (C=O) groups is 1. The van der Waals surface area contributed by atoms with Crippen LogP contribution in [-0.4, -0.2) is 18.2 Å². The van der Waals surface area contributed by atoms with Crippen molar-refractivity contribution in [2.24, 2.45) is 0 Å². The van der Waals surface area contributed by atoms with Crippen LogP contribution in [0, 0.1) is 11.3 Å². The Balaban J connectivity index is 3.33. The molecule has 72 valence electrons. The van der Waals surface area contributed by atoms with Gasteiger partial charge in [0.15, 0.2) is 0 Å². The van der Waals surface area contributed by atoms with E-state index in [0.29, 0.717) is 0 Å². The lowest BCUT2D eigenvalue weighted by atomic mass is 10.1. The van der Waals surface area contributed by atoms with Crippen molar-refractivity contribution in [3.8, 4) is 11.8 Å². The van der Waals surface area contributed by atoms with E-state index < -0.39 is 5.97 Å². The number of nitrogens with zero attached hydrogens (tertiary/aromatic N) is 1. The molecule has 0 aliphatic heterocycles. The van der Waals surface area contributed by atoms with E-state index in [1.54, 1.807) is 6.07 Å². The molecule has 1 aromatic carbocycles. The van der Waals surface area contributed by atoms with Crippen molar-refractivity contribution in [1.29, 1.82) is 5.26 Å². The predicted molar refractivity (Wildman–Crippen MR) is 48.6 cm³/mol. The van der Waals surface area contributed by atoms with Gasteiger partial charge in [-0.3, -0.25) is 0 Å². The zero-order valence-electron chi connectivity index (χ0n) is 7.44. The van der Waals surface area contributed by atoms with Crippen LogP contribution in [0.1, 0.15) is 15.9 Å². The maximum Gasteiger partial charge on any atom is 0.341 e. The van der Waals surface area contributed by atoms with Crippen LogP contribution in [0.2, 0.25) is 0 Å². The Hall–Kier alpha value is -2.22. The third-order valence-electron chi connectivity index (χ3n) is 1.69. The fraction of sp³-hybridized carbons (Fsp3) is 0.111. The lowest BCUT2D eigenvalue weighted by Crippen LogP contribution is -2.03. The summed E-state index contributed by atoms with van der Waals surface area (Å²) in [5.41, 5.74) is 5.59. The van der Waals surface area contributed by atoms with E-state index in [-0.39, 0.29) is 22.6 Å². The van der Waals surface area contributed by atoms with Crippen LogP contribution in [-0.2, 0) is 4.74 Å². The van der Waals surface area contributed by atoms with Crippen molar-refractivity contribution in [2.75, 3.05) is 12.8 Å². The van der Waals surface area contributed by atoms with E-state index in [2.05, 4.69) is 4.74 Å².